The van der Waals surface area contributed by atoms with Crippen molar-refractivity contribution in [2.45, 2.75) is 39.8 Å². The predicted molar refractivity (Wildman–Crippen MR) is 111 cm³/mol. The Hall–Kier alpha value is -3.48. The molecule has 150 valence electrons. The van der Waals surface area contributed by atoms with Crippen LogP contribution in [0.5, 0.6) is 0 Å². The second-order valence-corrected chi connectivity index (χ2v) is 6.60. The Morgan fingerprint density at radius 2 is 1.72 bits per heavy atom. The summed E-state index contributed by atoms with van der Waals surface area (Å²) < 4.78 is 6.54. The number of anilines is 1. The van der Waals surface area contributed by atoms with Gasteiger partial charge in [0.05, 0.1) is 5.39 Å². The van der Waals surface area contributed by atoms with Gasteiger partial charge < -0.3 is 10.1 Å². The van der Waals surface area contributed by atoms with Crippen LogP contribution < -0.4 is 10.9 Å². The smallest absolute Gasteiger partial charge is 0.360 e. The number of aromatic nitrogens is 2. The Kier molecular flexibility index (Phi) is 6.07. The van der Waals surface area contributed by atoms with E-state index in [4.69, 9.17) is 4.74 Å². The Labute approximate surface area is 168 Å². The van der Waals surface area contributed by atoms with Crippen LogP contribution in [0.25, 0.3) is 10.8 Å². The van der Waals surface area contributed by atoms with Gasteiger partial charge in [0.1, 0.15) is 0 Å². The fraction of sp³-hybridized carbons (Fsp3) is 0.273. The summed E-state index contributed by atoms with van der Waals surface area (Å²) in [6.45, 7) is 5.62. The highest BCUT2D eigenvalue weighted by molar-refractivity contribution is 6.03. The van der Waals surface area contributed by atoms with Crippen LogP contribution in [0.3, 0.4) is 0 Å². The number of nitrogens with one attached hydrogen (secondary N) is 1. The Balaban J connectivity index is 1.79. The molecule has 0 bridgehead atoms. The highest BCUT2D eigenvalue weighted by Crippen LogP contribution is 2.16. The zero-order valence-electron chi connectivity index (χ0n) is 16.6. The van der Waals surface area contributed by atoms with E-state index in [9.17, 15) is 14.4 Å². The molecule has 0 radical (unpaired) electrons. The zero-order valence-corrected chi connectivity index (χ0v) is 16.6. The van der Waals surface area contributed by atoms with E-state index < -0.39 is 18.0 Å². The average molecular weight is 393 g/mol. The van der Waals surface area contributed by atoms with Gasteiger partial charge in [0.15, 0.2) is 11.8 Å². The molecule has 0 aliphatic carbocycles. The van der Waals surface area contributed by atoms with Crippen LogP contribution in [-0.4, -0.2) is 27.8 Å². The summed E-state index contributed by atoms with van der Waals surface area (Å²) in [5, 5.41) is 7.64. The SMILES string of the molecule is CCc1ccc(NC(=O)[C@@H](C)OC(=O)c2nn(CC)c(=O)c3ccccc23)cc1. The van der Waals surface area contributed by atoms with E-state index in [1.807, 2.05) is 12.1 Å². The molecule has 0 saturated heterocycles. The van der Waals surface area contributed by atoms with Crippen LogP contribution >= 0.6 is 0 Å². The van der Waals surface area contributed by atoms with Gasteiger partial charge in [-0.25, -0.2) is 9.48 Å². The highest BCUT2D eigenvalue weighted by atomic mass is 16.5. The molecule has 0 spiro atoms. The number of hydrogen-bond acceptors (Lipinski definition) is 5. The number of esters is 1. The van der Waals surface area contributed by atoms with E-state index in [0.717, 1.165) is 12.0 Å². The van der Waals surface area contributed by atoms with Crippen molar-refractivity contribution in [3.05, 3.63) is 70.1 Å². The van der Waals surface area contributed by atoms with Gasteiger partial charge in [-0.3, -0.25) is 9.59 Å². The number of hydrogen-bond donors (Lipinski definition) is 1. The molecule has 1 aromatic heterocycles. The lowest BCUT2D eigenvalue weighted by molar-refractivity contribution is -0.123. The molecule has 1 amide bonds. The molecule has 29 heavy (non-hydrogen) atoms. The van der Waals surface area contributed by atoms with E-state index in [0.29, 0.717) is 23.0 Å². The fourth-order valence-corrected chi connectivity index (χ4v) is 2.94. The zero-order chi connectivity index (χ0) is 21.0. The Morgan fingerprint density at radius 3 is 2.34 bits per heavy atom. The third-order valence-corrected chi connectivity index (χ3v) is 4.64. The van der Waals surface area contributed by atoms with Gasteiger partial charge in [-0.2, -0.15) is 5.10 Å². The maximum absolute atomic E-state index is 12.7. The van der Waals surface area contributed by atoms with E-state index >= 15 is 0 Å². The first-order valence-electron chi connectivity index (χ1n) is 9.55. The standard InChI is InChI=1S/C22H23N3O4/c1-4-15-10-12-16(13-11-15)23-20(26)14(3)29-22(28)19-17-8-6-7-9-18(17)21(27)25(5-2)24-19/h6-14H,4-5H2,1-3H3,(H,23,26)/t14-/m1/s1. The second kappa shape index (κ2) is 8.68. The van der Waals surface area contributed by atoms with E-state index in [2.05, 4.69) is 17.3 Å². The van der Waals surface area contributed by atoms with Crippen LogP contribution in [-0.2, 0) is 22.5 Å². The molecule has 0 aliphatic heterocycles. The first-order chi connectivity index (χ1) is 13.9. The van der Waals surface area contributed by atoms with Crippen molar-refractivity contribution in [3.8, 4) is 0 Å². The Bertz CT molecular complexity index is 1100. The number of rotatable bonds is 6. The van der Waals surface area contributed by atoms with E-state index in [-0.39, 0.29) is 11.3 Å². The molecule has 0 fully saturated rings. The number of ether oxygens (including phenoxy) is 1. The third-order valence-electron chi connectivity index (χ3n) is 4.64. The Morgan fingerprint density at radius 1 is 1.07 bits per heavy atom. The predicted octanol–water partition coefficient (Wildman–Crippen LogP) is 3.16. The van der Waals surface area contributed by atoms with Crippen LogP contribution in [0.4, 0.5) is 5.69 Å². The molecule has 1 heterocycles. The third kappa shape index (κ3) is 4.34. The van der Waals surface area contributed by atoms with Crippen LogP contribution in [0, 0.1) is 0 Å². The summed E-state index contributed by atoms with van der Waals surface area (Å²) in [6.07, 6.45) is -0.126. The molecule has 3 aromatic rings. The first-order valence-corrected chi connectivity index (χ1v) is 9.55. The van der Waals surface area contributed by atoms with Gasteiger partial charge in [-0.05, 0) is 44.0 Å². The number of nitrogens with zero attached hydrogens (tertiary/aromatic N) is 2. The molecule has 1 atom stereocenters. The molecule has 1 N–H and O–H groups in total. The molecule has 7 heteroatoms. The number of amides is 1. The topological polar surface area (TPSA) is 90.3 Å². The molecule has 0 aliphatic rings. The van der Waals surface area contributed by atoms with Crippen molar-refractivity contribution in [3.63, 3.8) is 0 Å². The minimum atomic E-state index is -1.03. The van der Waals surface area contributed by atoms with Gasteiger partial charge in [0, 0.05) is 17.6 Å². The van der Waals surface area contributed by atoms with Gasteiger partial charge in [-0.1, -0.05) is 37.3 Å². The van der Waals surface area contributed by atoms with Crippen LogP contribution in [0.15, 0.2) is 53.3 Å². The summed E-state index contributed by atoms with van der Waals surface area (Å²) in [7, 11) is 0. The molecule has 2 aromatic carbocycles. The lowest BCUT2D eigenvalue weighted by atomic mass is 10.1. The number of fused-ring (bicyclic) bond motifs is 1. The van der Waals surface area contributed by atoms with Gasteiger partial charge in [0.25, 0.3) is 11.5 Å². The molecular formula is C22H23N3O4. The minimum Gasteiger partial charge on any atom is -0.448 e. The minimum absolute atomic E-state index is 0.00833. The molecule has 3 rings (SSSR count). The molecule has 0 saturated carbocycles. The summed E-state index contributed by atoms with van der Waals surface area (Å²) >= 11 is 0. The van der Waals surface area contributed by atoms with Crippen molar-refractivity contribution in [2.24, 2.45) is 0 Å². The number of carbonyl (C=O) groups is 2. The lowest BCUT2D eigenvalue weighted by Gasteiger charge is -2.15. The largest absolute Gasteiger partial charge is 0.448 e. The highest BCUT2D eigenvalue weighted by Gasteiger charge is 2.23. The fourth-order valence-electron chi connectivity index (χ4n) is 2.94. The number of carbonyl (C=O) groups excluding carboxylic acids is 2. The summed E-state index contributed by atoms with van der Waals surface area (Å²) in [6, 6.07) is 14.2. The van der Waals surface area contributed by atoms with Crippen molar-refractivity contribution in [2.75, 3.05) is 5.32 Å². The number of benzene rings is 2. The van der Waals surface area contributed by atoms with Crippen LogP contribution in [0.1, 0.15) is 36.8 Å². The van der Waals surface area contributed by atoms with Crippen molar-refractivity contribution in [1.82, 2.24) is 9.78 Å². The van der Waals surface area contributed by atoms with Crippen molar-refractivity contribution in [1.29, 1.82) is 0 Å². The summed E-state index contributed by atoms with van der Waals surface area (Å²) in [4.78, 5) is 37.5. The van der Waals surface area contributed by atoms with E-state index in [1.165, 1.54) is 11.6 Å². The summed E-state index contributed by atoms with van der Waals surface area (Å²) in [5.41, 5.74) is 1.51. The van der Waals surface area contributed by atoms with Gasteiger partial charge >= 0.3 is 5.97 Å². The quantitative estimate of drug-likeness (QED) is 0.650. The van der Waals surface area contributed by atoms with E-state index in [1.54, 1.807) is 43.3 Å². The lowest BCUT2D eigenvalue weighted by Crippen LogP contribution is -2.32. The van der Waals surface area contributed by atoms with Crippen molar-refractivity contribution < 1.29 is 14.3 Å². The summed E-state index contributed by atoms with van der Waals surface area (Å²) in [5.74, 6) is -1.21. The maximum Gasteiger partial charge on any atom is 0.360 e. The van der Waals surface area contributed by atoms with Gasteiger partial charge in [-0.15, -0.1) is 0 Å². The van der Waals surface area contributed by atoms with Crippen LogP contribution in [0.2, 0.25) is 0 Å². The molecular weight excluding hydrogens is 370 g/mol. The monoisotopic (exact) mass is 393 g/mol. The normalized spacial score (nSPS) is 11.8. The maximum atomic E-state index is 12.7. The first kappa shape index (κ1) is 20.3. The second-order valence-electron chi connectivity index (χ2n) is 6.60. The molecule has 7 nitrogen and oxygen atoms in total. The average Bonchev–Trinajstić information content (AvgIpc) is 2.74. The molecule has 0 unspecified atom stereocenters. The number of aryl methyl sites for hydroxylation is 2. The van der Waals surface area contributed by atoms with Crippen molar-refractivity contribution >= 4 is 28.3 Å². The van der Waals surface area contributed by atoms with Gasteiger partial charge in [0.2, 0.25) is 0 Å².